The first-order valence-electron chi connectivity index (χ1n) is 10.5. The number of carbonyl (C=O) groups is 2. The number of benzene rings is 1. The molecule has 1 aliphatic rings. The van der Waals surface area contributed by atoms with Crippen LogP contribution in [0.5, 0.6) is 5.75 Å². The number of aromatic nitrogens is 2. The average molecular weight is 430 g/mol. The van der Waals surface area contributed by atoms with Gasteiger partial charge in [0, 0.05) is 50.1 Å². The summed E-state index contributed by atoms with van der Waals surface area (Å²) in [4.78, 5) is 32.9. The number of rotatable bonds is 7. The van der Waals surface area contributed by atoms with E-state index in [0.717, 1.165) is 11.3 Å². The summed E-state index contributed by atoms with van der Waals surface area (Å²) >= 11 is 0. The predicted octanol–water partition coefficient (Wildman–Crippen LogP) is 1.74. The van der Waals surface area contributed by atoms with Crippen LogP contribution in [0, 0.1) is 0 Å². The second-order valence-corrected chi connectivity index (χ2v) is 8.70. The topological polar surface area (TPSA) is 101 Å². The first kappa shape index (κ1) is 22.7. The minimum Gasteiger partial charge on any atom is -0.497 e. The molecule has 31 heavy (non-hydrogen) atoms. The summed E-state index contributed by atoms with van der Waals surface area (Å²) in [5.41, 5.74) is 0.588. The van der Waals surface area contributed by atoms with Crippen molar-refractivity contribution in [2.24, 2.45) is 0 Å². The second kappa shape index (κ2) is 9.91. The van der Waals surface area contributed by atoms with Crippen molar-refractivity contribution in [3.8, 4) is 17.1 Å². The quantitative estimate of drug-likeness (QED) is 0.715. The number of hydrogen-bond acceptors (Lipinski definition) is 7. The summed E-state index contributed by atoms with van der Waals surface area (Å²) in [6, 6.07) is 7.39. The molecule has 168 valence electrons. The Balaban J connectivity index is 1.42. The van der Waals surface area contributed by atoms with E-state index in [0.29, 0.717) is 57.3 Å². The number of ether oxygens (including phenoxy) is 1. The fourth-order valence-electron chi connectivity index (χ4n) is 3.40. The number of amides is 2. The van der Waals surface area contributed by atoms with Gasteiger partial charge in [0.2, 0.25) is 23.5 Å². The molecule has 0 spiro atoms. The van der Waals surface area contributed by atoms with Crippen LogP contribution in [0.4, 0.5) is 0 Å². The number of methoxy groups -OCH3 is 1. The van der Waals surface area contributed by atoms with Gasteiger partial charge in [-0.15, -0.1) is 0 Å². The van der Waals surface area contributed by atoms with Crippen LogP contribution in [0.2, 0.25) is 0 Å². The van der Waals surface area contributed by atoms with Crippen LogP contribution < -0.4 is 10.1 Å². The third-order valence-corrected chi connectivity index (χ3v) is 4.98. The first-order chi connectivity index (χ1) is 14.7. The molecule has 2 amide bonds. The summed E-state index contributed by atoms with van der Waals surface area (Å²) in [5, 5.41) is 6.97. The van der Waals surface area contributed by atoms with Gasteiger partial charge in [-0.2, -0.15) is 4.98 Å². The molecule has 0 unspecified atom stereocenters. The van der Waals surface area contributed by atoms with Gasteiger partial charge >= 0.3 is 0 Å². The molecular weight excluding hydrogens is 398 g/mol. The summed E-state index contributed by atoms with van der Waals surface area (Å²) in [6.07, 6.45) is 0.713. The van der Waals surface area contributed by atoms with E-state index >= 15 is 0 Å². The highest BCUT2D eigenvalue weighted by Gasteiger charge is 2.24. The Morgan fingerprint density at radius 1 is 1.13 bits per heavy atom. The van der Waals surface area contributed by atoms with Gasteiger partial charge in [-0.25, -0.2) is 0 Å². The zero-order valence-corrected chi connectivity index (χ0v) is 18.7. The highest BCUT2D eigenvalue weighted by atomic mass is 16.5. The van der Waals surface area contributed by atoms with E-state index in [2.05, 4.69) is 20.4 Å². The van der Waals surface area contributed by atoms with Gasteiger partial charge in [-0.1, -0.05) is 5.16 Å². The molecule has 3 rings (SSSR count). The Morgan fingerprint density at radius 3 is 2.42 bits per heavy atom. The first-order valence-corrected chi connectivity index (χ1v) is 10.5. The van der Waals surface area contributed by atoms with Crippen LogP contribution in [-0.2, 0) is 16.0 Å². The number of nitrogens with zero attached hydrogens (tertiary/aromatic N) is 4. The Kier molecular flexibility index (Phi) is 7.27. The molecule has 2 heterocycles. The molecule has 0 saturated carbocycles. The van der Waals surface area contributed by atoms with E-state index in [-0.39, 0.29) is 17.4 Å². The Labute approximate surface area is 182 Å². The Hall–Kier alpha value is -2.94. The molecule has 1 aliphatic heterocycles. The molecule has 0 radical (unpaired) electrons. The van der Waals surface area contributed by atoms with Crippen LogP contribution in [0.3, 0.4) is 0 Å². The fourth-order valence-corrected chi connectivity index (χ4v) is 3.40. The van der Waals surface area contributed by atoms with Crippen LogP contribution in [-0.4, -0.2) is 77.1 Å². The summed E-state index contributed by atoms with van der Waals surface area (Å²) in [7, 11) is 1.61. The lowest BCUT2D eigenvalue weighted by atomic mass is 10.1. The zero-order chi connectivity index (χ0) is 22.4. The van der Waals surface area contributed by atoms with Gasteiger partial charge in [-0.3, -0.25) is 14.5 Å². The zero-order valence-electron chi connectivity index (χ0n) is 18.7. The Morgan fingerprint density at radius 2 is 1.81 bits per heavy atom. The largest absolute Gasteiger partial charge is 0.497 e. The second-order valence-electron chi connectivity index (χ2n) is 8.70. The average Bonchev–Trinajstić information content (AvgIpc) is 3.20. The number of nitrogens with one attached hydrogen (secondary N) is 1. The maximum Gasteiger partial charge on any atom is 0.234 e. The monoisotopic (exact) mass is 429 g/mol. The van der Waals surface area contributed by atoms with Crippen molar-refractivity contribution < 1.29 is 18.8 Å². The number of hydrogen-bond donors (Lipinski definition) is 1. The van der Waals surface area contributed by atoms with E-state index in [1.54, 1.807) is 7.11 Å². The molecule has 1 fully saturated rings. The predicted molar refractivity (Wildman–Crippen MR) is 116 cm³/mol. The van der Waals surface area contributed by atoms with E-state index in [1.807, 2.05) is 49.9 Å². The third kappa shape index (κ3) is 6.78. The lowest BCUT2D eigenvalue weighted by Gasteiger charge is -2.35. The summed E-state index contributed by atoms with van der Waals surface area (Å²) < 4.78 is 10.4. The van der Waals surface area contributed by atoms with Gasteiger partial charge in [-0.05, 0) is 45.0 Å². The summed E-state index contributed by atoms with van der Waals surface area (Å²) in [5.74, 6) is 1.76. The molecule has 2 aromatic rings. The van der Waals surface area contributed by atoms with Crippen molar-refractivity contribution >= 4 is 11.8 Å². The van der Waals surface area contributed by atoms with Crippen LogP contribution >= 0.6 is 0 Å². The van der Waals surface area contributed by atoms with Crippen molar-refractivity contribution in [3.63, 3.8) is 0 Å². The number of carbonyl (C=O) groups excluding carboxylic acids is 2. The normalized spacial score (nSPS) is 15.0. The number of aryl methyl sites for hydroxylation is 1. The van der Waals surface area contributed by atoms with Gasteiger partial charge in [0.15, 0.2) is 0 Å². The van der Waals surface area contributed by atoms with Crippen LogP contribution in [0.15, 0.2) is 28.8 Å². The van der Waals surface area contributed by atoms with Gasteiger partial charge in [0.25, 0.3) is 0 Å². The molecule has 1 N–H and O–H groups in total. The molecule has 0 atom stereocenters. The van der Waals surface area contributed by atoms with Crippen molar-refractivity contribution in [1.29, 1.82) is 0 Å². The van der Waals surface area contributed by atoms with Crippen molar-refractivity contribution in [2.45, 2.75) is 39.2 Å². The molecule has 1 aromatic carbocycles. The molecule has 1 saturated heterocycles. The fraction of sp³-hybridized carbons (Fsp3) is 0.545. The SMILES string of the molecule is COc1ccc(-c2noc(CCC(=O)N3CCN(CC(=O)NC(C)(C)C)CC3)n2)cc1. The molecule has 0 bridgehead atoms. The van der Waals surface area contributed by atoms with E-state index in [9.17, 15) is 9.59 Å². The van der Waals surface area contributed by atoms with E-state index in [1.165, 1.54) is 0 Å². The van der Waals surface area contributed by atoms with Crippen molar-refractivity contribution in [2.75, 3.05) is 39.8 Å². The maximum atomic E-state index is 12.6. The molecule has 1 aromatic heterocycles. The van der Waals surface area contributed by atoms with Crippen molar-refractivity contribution in [1.82, 2.24) is 25.3 Å². The summed E-state index contributed by atoms with van der Waals surface area (Å²) in [6.45, 7) is 8.85. The standard InChI is InChI=1S/C22H31N5O4/c1-22(2,3)24-18(28)15-26-11-13-27(14-12-26)20(29)10-9-19-23-21(25-31-19)16-5-7-17(30-4)8-6-16/h5-8H,9-15H2,1-4H3,(H,24,28). The lowest BCUT2D eigenvalue weighted by molar-refractivity contribution is -0.133. The Bertz CT molecular complexity index is 880. The molecular formula is C22H31N5O4. The highest BCUT2D eigenvalue weighted by Crippen LogP contribution is 2.20. The number of piperazine rings is 1. The smallest absolute Gasteiger partial charge is 0.234 e. The van der Waals surface area contributed by atoms with Crippen LogP contribution in [0.1, 0.15) is 33.1 Å². The van der Waals surface area contributed by atoms with E-state index < -0.39 is 0 Å². The van der Waals surface area contributed by atoms with Gasteiger partial charge in [0.05, 0.1) is 13.7 Å². The molecule has 0 aliphatic carbocycles. The maximum absolute atomic E-state index is 12.6. The van der Waals surface area contributed by atoms with Crippen molar-refractivity contribution in [3.05, 3.63) is 30.2 Å². The lowest BCUT2D eigenvalue weighted by Crippen LogP contribution is -2.52. The van der Waals surface area contributed by atoms with Gasteiger partial charge < -0.3 is 19.5 Å². The molecule has 9 nitrogen and oxygen atoms in total. The van der Waals surface area contributed by atoms with E-state index in [4.69, 9.17) is 9.26 Å². The minimum absolute atomic E-state index is 0.0105. The minimum atomic E-state index is -0.239. The molecule has 9 heteroatoms. The highest BCUT2D eigenvalue weighted by molar-refractivity contribution is 5.79. The van der Waals surface area contributed by atoms with Crippen LogP contribution in [0.25, 0.3) is 11.4 Å². The van der Waals surface area contributed by atoms with Gasteiger partial charge in [0.1, 0.15) is 5.75 Å². The third-order valence-electron chi connectivity index (χ3n) is 4.98.